The summed E-state index contributed by atoms with van der Waals surface area (Å²) in [6, 6.07) is 4.02. The van der Waals surface area contributed by atoms with Gasteiger partial charge in [-0.2, -0.15) is 0 Å². The van der Waals surface area contributed by atoms with Crippen LogP contribution in [0, 0.1) is 0 Å². The van der Waals surface area contributed by atoms with E-state index >= 15 is 0 Å². The summed E-state index contributed by atoms with van der Waals surface area (Å²) in [5.74, 6) is 0. The van der Waals surface area contributed by atoms with Crippen LogP contribution in [-0.2, 0) is 6.54 Å². The summed E-state index contributed by atoms with van der Waals surface area (Å²) in [6.45, 7) is 5.00. The summed E-state index contributed by atoms with van der Waals surface area (Å²) in [5, 5.41) is 4.87. The summed E-state index contributed by atoms with van der Waals surface area (Å²) in [4.78, 5) is 4.03. The van der Waals surface area contributed by atoms with Crippen LogP contribution >= 0.6 is 34.8 Å². The van der Waals surface area contributed by atoms with Crippen molar-refractivity contribution in [2.45, 2.75) is 32.5 Å². The number of halogens is 3. The van der Waals surface area contributed by atoms with Crippen LogP contribution in [0.4, 0.5) is 0 Å². The molecule has 0 saturated heterocycles. The fourth-order valence-electron chi connectivity index (χ4n) is 2.16. The Morgan fingerprint density at radius 3 is 2.60 bits per heavy atom. The average molecular weight is 333 g/mol. The van der Waals surface area contributed by atoms with E-state index in [2.05, 4.69) is 24.1 Å². The van der Waals surface area contributed by atoms with Crippen molar-refractivity contribution < 1.29 is 0 Å². The molecule has 1 N–H and O–H groups in total. The Kier molecular flexibility index (Phi) is 5.33. The van der Waals surface area contributed by atoms with Crippen molar-refractivity contribution in [3.63, 3.8) is 0 Å². The highest BCUT2D eigenvalue weighted by atomic mass is 35.5. The molecule has 2 atom stereocenters. The molecule has 108 valence electrons. The van der Waals surface area contributed by atoms with Crippen molar-refractivity contribution >= 4 is 34.8 Å². The number of benzene rings is 1. The van der Waals surface area contributed by atoms with E-state index < -0.39 is 0 Å². The molecule has 0 saturated carbocycles. The number of hydrogen-bond acceptors (Lipinski definition) is 2. The molecule has 0 amide bonds. The third-order valence-electron chi connectivity index (χ3n) is 3.11. The number of rotatable bonds is 5. The topological polar surface area (TPSA) is 29.9 Å². The monoisotopic (exact) mass is 331 g/mol. The minimum Gasteiger partial charge on any atom is -0.336 e. The van der Waals surface area contributed by atoms with Gasteiger partial charge in [-0.25, -0.2) is 4.98 Å². The third kappa shape index (κ3) is 3.67. The number of imidazole rings is 1. The smallest absolute Gasteiger partial charge is 0.0946 e. The minimum atomic E-state index is 0.0794. The normalized spacial score (nSPS) is 14.2. The lowest BCUT2D eigenvalue weighted by Gasteiger charge is -2.22. The molecule has 1 heterocycles. The molecule has 2 rings (SSSR count). The summed E-state index contributed by atoms with van der Waals surface area (Å²) >= 11 is 18.3. The van der Waals surface area contributed by atoms with Gasteiger partial charge in [0.2, 0.25) is 0 Å². The van der Waals surface area contributed by atoms with Gasteiger partial charge in [-0.1, -0.05) is 40.9 Å². The lowest BCUT2D eigenvalue weighted by Crippen LogP contribution is -2.32. The Morgan fingerprint density at radius 1 is 1.20 bits per heavy atom. The van der Waals surface area contributed by atoms with E-state index in [1.807, 2.05) is 16.8 Å². The zero-order valence-electron chi connectivity index (χ0n) is 11.3. The SMILES string of the molecule is CC(Cn1ccnc1)NC(C)c1ccc(Cl)c(Cl)c1Cl. The van der Waals surface area contributed by atoms with Crippen LogP contribution < -0.4 is 5.32 Å². The van der Waals surface area contributed by atoms with E-state index in [0.717, 1.165) is 12.1 Å². The molecule has 1 aromatic carbocycles. The molecule has 0 aliphatic heterocycles. The predicted molar refractivity (Wildman–Crippen MR) is 84.7 cm³/mol. The van der Waals surface area contributed by atoms with Gasteiger partial charge in [0.05, 0.1) is 21.4 Å². The van der Waals surface area contributed by atoms with E-state index in [1.54, 1.807) is 18.6 Å². The van der Waals surface area contributed by atoms with Gasteiger partial charge in [-0.05, 0) is 25.5 Å². The fourth-order valence-corrected chi connectivity index (χ4v) is 2.86. The van der Waals surface area contributed by atoms with Crippen LogP contribution in [-0.4, -0.2) is 15.6 Å². The predicted octanol–water partition coefficient (Wildman–Crippen LogP) is 4.58. The molecule has 0 spiro atoms. The molecule has 0 bridgehead atoms. The molecular formula is C14H16Cl3N3. The standard InChI is InChI=1S/C14H16Cl3N3/c1-9(7-20-6-5-18-8-20)19-10(2)11-3-4-12(15)14(17)13(11)16/h3-6,8-10,19H,7H2,1-2H3. The van der Waals surface area contributed by atoms with E-state index in [4.69, 9.17) is 34.8 Å². The lowest BCUT2D eigenvalue weighted by molar-refractivity contribution is 0.430. The van der Waals surface area contributed by atoms with Crippen LogP contribution in [0.15, 0.2) is 30.9 Å². The Balaban J connectivity index is 2.04. The lowest BCUT2D eigenvalue weighted by atomic mass is 10.1. The largest absolute Gasteiger partial charge is 0.336 e. The summed E-state index contributed by atoms with van der Waals surface area (Å²) in [7, 11) is 0. The van der Waals surface area contributed by atoms with Crippen molar-refractivity contribution in [3.8, 4) is 0 Å². The Labute approximate surface area is 133 Å². The van der Waals surface area contributed by atoms with Crippen LogP contribution in [0.5, 0.6) is 0 Å². The van der Waals surface area contributed by atoms with E-state index in [9.17, 15) is 0 Å². The third-order valence-corrected chi connectivity index (χ3v) is 4.42. The van der Waals surface area contributed by atoms with Gasteiger partial charge in [0.25, 0.3) is 0 Å². The summed E-state index contributed by atoms with van der Waals surface area (Å²) in [5.41, 5.74) is 0.943. The maximum Gasteiger partial charge on any atom is 0.0946 e. The van der Waals surface area contributed by atoms with Crippen molar-refractivity contribution in [1.29, 1.82) is 0 Å². The molecule has 2 unspecified atom stereocenters. The maximum absolute atomic E-state index is 6.25. The first-order valence-electron chi connectivity index (χ1n) is 6.34. The second-order valence-electron chi connectivity index (χ2n) is 4.81. The van der Waals surface area contributed by atoms with Gasteiger partial charge in [-0.3, -0.25) is 0 Å². The van der Waals surface area contributed by atoms with Gasteiger partial charge < -0.3 is 9.88 Å². The first-order valence-corrected chi connectivity index (χ1v) is 7.47. The molecule has 0 aliphatic rings. The van der Waals surface area contributed by atoms with Crippen LogP contribution in [0.1, 0.15) is 25.5 Å². The first kappa shape index (κ1) is 15.6. The minimum absolute atomic E-state index is 0.0794. The molecule has 0 fully saturated rings. The molecular weight excluding hydrogens is 317 g/mol. The molecule has 0 radical (unpaired) electrons. The first-order chi connectivity index (χ1) is 9.49. The van der Waals surface area contributed by atoms with Gasteiger partial charge in [0.1, 0.15) is 0 Å². The quantitative estimate of drug-likeness (QED) is 0.812. The van der Waals surface area contributed by atoms with Crippen LogP contribution in [0.2, 0.25) is 15.1 Å². The highest BCUT2D eigenvalue weighted by molar-refractivity contribution is 6.48. The highest BCUT2D eigenvalue weighted by Gasteiger charge is 2.16. The molecule has 6 heteroatoms. The average Bonchev–Trinajstić information content (AvgIpc) is 2.88. The zero-order valence-corrected chi connectivity index (χ0v) is 13.5. The van der Waals surface area contributed by atoms with Gasteiger partial charge in [0, 0.05) is 31.0 Å². The number of nitrogens with zero attached hydrogens (tertiary/aromatic N) is 2. The van der Waals surface area contributed by atoms with Crippen LogP contribution in [0.3, 0.4) is 0 Å². The molecule has 2 aromatic rings. The van der Waals surface area contributed by atoms with Crippen LogP contribution in [0.25, 0.3) is 0 Å². The molecule has 3 nitrogen and oxygen atoms in total. The van der Waals surface area contributed by atoms with E-state index in [0.29, 0.717) is 15.1 Å². The molecule has 20 heavy (non-hydrogen) atoms. The second kappa shape index (κ2) is 6.81. The molecule has 1 aromatic heterocycles. The van der Waals surface area contributed by atoms with Gasteiger partial charge in [-0.15, -0.1) is 0 Å². The Morgan fingerprint density at radius 2 is 1.95 bits per heavy atom. The van der Waals surface area contributed by atoms with Crippen molar-refractivity contribution in [2.24, 2.45) is 0 Å². The highest BCUT2D eigenvalue weighted by Crippen LogP contribution is 2.35. The van der Waals surface area contributed by atoms with E-state index in [-0.39, 0.29) is 12.1 Å². The van der Waals surface area contributed by atoms with Crippen molar-refractivity contribution in [2.75, 3.05) is 0 Å². The van der Waals surface area contributed by atoms with E-state index in [1.165, 1.54) is 0 Å². The Hall–Kier alpha value is -0.740. The Bertz CT molecular complexity index is 569. The van der Waals surface area contributed by atoms with Crippen molar-refractivity contribution in [3.05, 3.63) is 51.5 Å². The second-order valence-corrected chi connectivity index (χ2v) is 5.98. The maximum atomic E-state index is 6.25. The summed E-state index contributed by atoms with van der Waals surface area (Å²) in [6.07, 6.45) is 5.51. The van der Waals surface area contributed by atoms with Crippen molar-refractivity contribution in [1.82, 2.24) is 14.9 Å². The summed E-state index contributed by atoms with van der Waals surface area (Å²) < 4.78 is 2.03. The fraction of sp³-hybridized carbons (Fsp3) is 0.357. The number of hydrogen-bond donors (Lipinski definition) is 1. The molecule has 0 aliphatic carbocycles. The van der Waals surface area contributed by atoms with Gasteiger partial charge in [0.15, 0.2) is 0 Å². The number of aromatic nitrogens is 2. The van der Waals surface area contributed by atoms with Gasteiger partial charge >= 0.3 is 0 Å². The number of nitrogens with one attached hydrogen (secondary N) is 1. The zero-order chi connectivity index (χ0) is 14.7.